The highest BCUT2D eigenvalue weighted by molar-refractivity contribution is 6.31. The molecule has 2 heterocycles. The third-order valence-electron chi connectivity index (χ3n) is 4.97. The van der Waals surface area contributed by atoms with Crippen molar-refractivity contribution in [3.05, 3.63) is 76.6 Å². The van der Waals surface area contributed by atoms with Crippen LogP contribution < -0.4 is 5.32 Å². The van der Waals surface area contributed by atoms with Gasteiger partial charge in [-0.05, 0) is 55.7 Å². The summed E-state index contributed by atoms with van der Waals surface area (Å²) >= 11 is 6.15. The molecule has 0 saturated heterocycles. The van der Waals surface area contributed by atoms with Gasteiger partial charge >= 0.3 is 0 Å². The summed E-state index contributed by atoms with van der Waals surface area (Å²) in [6, 6.07) is 15.8. The van der Waals surface area contributed by atoms with Crippen LogP contribution >= 0.6 is 11.6 Å². The smallest absolute Gasteiger partial charge is 0.246 e. The predicted octanol–water partition coefficient (Wildman–Crippen LogP) is 5.32. The second kappa shape index (κ2) is 7.68. The van der Waals surface area contributed by atoms with Crippen LogP contribution in [-0.2, 0) is 11.3 Å². The molecule has 0 fully saturated rings. The molecule has 0 unspecified atom stereocenters. The number of amides is 1. The molecular formula is C23H21ClN4O. The quantitative estimate of drug-likeness (QED) is 0.501. The molecule has 0 bridgehead atoms. The molecule has 146 valence electrons. The highest BCUT2D eigenvalue weighted by Crippen LogP contribution is 2.30. The fraction of sp³-hybridized carbons (Fsp3) is 0.174. The van der Waals surface area contributed by atoms with Crippen molar-refractivity contribution in [1.82, 2.24) is 14.8 Å². The highest BCUT2D eigenvalue weighted by atomic mass is 35.5. The van der Waals surface area contributed by atoms with Gasteiger partial charge in [-0.2, -0.15) is 5.10 Å². The van der Waals surface area contributed by atoms with Crippen LogP contribution in [0, 0.1) is 20.8 Å². The lowest BCUT2D eigenvalue weighted by Gasteiger charge is -2.10. The van der Waals surface area contributed by atoms with E-state index in [4.69, 9.17) is 11.6 Å². The number of hydrogen-bond donors (Lipinski definition) is 1. The molecule has 0 spiro atoms. The van der Waals surface area contributed by atoms with Gasteiger partial charge in [-0.3, -0.25) is 4.79 Å². The van der Waals surface area contributed by atoms with Crippen molar-refractivity contribution < 1.29 is 4.79 Å². The Labute approximate surface area is 174 Å². The number of nitrogens with zero attached hydrogens (tertiary/aromatic N) is 3. The number of pyridine rings is 1. The minimum absolute atomic E-state index is 0.0700. The maximum Gasteiger partial charge on any atom is 0.246 e. The molecular weight excluding hydrogens is 384 g/mol. The third kappa shape index (κ3) is 3.74. The Morgan fingerprint density at radius 1 is 1.10 bits per heavy atom. The van der Waals surface area contributed by atoms with Crippen LogP contribution in [0.5, 0.6) is 0 Å². The molecule has 0 atom stereocenters. The van der Waals surface area contributed by atoms with Crippen LogP contribution in [-0.4, -0.2) is 20.7 Å². The van der Waals surface area contributed by atoms with Crippen molar-refractivity contribution in [1.29, 1.82) is 0 Å². The minimum Gasteiger partial charge on any atom is -0.324 e. The van der Waals surface area contributed by atoms with Gasteiger partial charge < -0.3 is 5.32 Å². The summed E-state index contributed by atoms with van der Waals surface area (Å²) in [5, 5.41) is 9.08. The number of anilines is 1. The maximum absolute atomic E-state index is 12.7. The van der Waals surface area contributed by atoms with Crippen LogP contribution in [0.1, 0.15) is 16.8 Å². The van der Waals surface area contributed by atoms with Gasteiger partial charge in [-0.25, -0.2) is 9.67 Å². The average molecular weight is 405 g/mol. The lowest BCUT2D eigenvalue weighted by Crippen LogP contribution is -2.20. The van der Waals surface area contributed by atoms with Gasteiger partial charge in [0.1, 0.15) is 6.54 Å². The molecule has 5 nitrogen and oxygen atoms in total. The zero-order valence-corrected chi connectivity index (χ0v) is 17.3. The summed E-state index contributed by atoms with van der Waals surface area (Å²) in [6.07, 6.45) is 1.76. The monoisotopic (exact) mass is 404 g/mol. The summed E-state index contributed by atoms with van der Waals surface area (Å²) in [6.45, 7) is 5.96. The van der Waals surface area contributed by atoms with Crippen LogP contribution in [0.4, 0.5) is 5.69 Å². The number of nitrogens with one attached hydrogen (secondary N) is 1. The first kappa shape index (κ1) is 19.2. The molecule has 1 amide bonds. The van der Waals surface area contributed by atoms with Crippen molar-refractivity contribution in [2.75, 3.05) is 5.32 Å². The first-order valence-electron chi connectivity index (χ1n) is 9.38. The molecule has 0 radical (unpaired) electrons. The molecule has 0 aliphatic rings. The standard InChI is InChI=1S/C23H21ClN4O/c1-14-6-4-7-17(12-14)18-10-11-25-23-22(18)16(3)27-28(23)13-21(29)26-20-9-5-8-19(24)15(20)2/h4-12H,13H2,1-3H3,(H,26,29). The summed E-state index contributed by atoms with van der Waals surface area (Å²) in [7, 11) is 0. The fourth-order valence-corrected chi connectivity index (χ4v) is 3.69. The van der Waals surface area contributed by atoms with Crippen molar-refractivity contribution in [2.24, 2.45) is 0 Å². The molecule has 6 heteroatoms. The van der Waals surface area contributed by atoms with Gasteiger partial charge in [0.15, 0.2) is 5.65 Å². The Balaban J connectivity index is 1.68. The van der Waals surface area contributed by atoms with Crippen molar-refractivity contribution in [3.63, 3.8) is 0 Å². The van der Waals surface area contributed by atoms with E-state index in [1.165, 1.54) is 5.56 Å². The number of hydrogen-bond acceptors (Lipinski definition) is 3. The maximum atomic E-state index is 12.7. The molecule has 4 rings (SSSR count). The van der Waals surface area contributed by atoms with E-state index in [2.05, 4.69) is 40.5 Å². The molecule has 2 aromatic carbocycles. The Kier molecular flexibility index (Phi) is 5.07. The molecule has 4 aromatic rings. The highest BCUT2D eigenvalue weighted by Gasteiger charge is 2.16. The molecule has 0 aliphatic heterocycles. The Bertz CT molecular complexity index is 1230. The van der Waals surface area contributed by atoms with E-state index in [0.717, 1.165) is 27.8 Å². The second-order valence-electron chi connectivity index (χ2n) is 7.13. The van der Waals surface area contributed by atoms with Crippen LogP contribution in [0.2, 0.25) is 5.02 Å². The number of aryl methyl sites for hydroxylation is 2. The van der Waals surface area contributed by atoms with Crippen molar-refractivity contribution >= 4 is 34.2 Å². The number of carbonyl (C=O) groups excluding carboxylic acids is 1. The van der Waals surface area contributed by atoms with Gasteiger partial charge in [-0.15, -0.1) is 0 Å². The lowest BCUT2D eigenvalue weighted by atomic mass is 10.0. The summed E-state index contributed by atoms with van der Waals surface area (Å²) in [4.78, 5) is 17.2. The zero-order chi connectivity index (χ0) is 20.5. The first-order chi connectivity index (χ1) is 13.9. The van der Waals surface area contributed by atoms with E-state index in [1.54, 1.807) is 16.9 Å². The Morgan fingerprint density at radius 3 is 2.69 bits per heavy atom. The van der Waals surface area contributed by atoms with Gasteiger partial charge in [-0.1, -0.05) is 47.5 Å². The van der Waals surface area contributed by atoms with Gasteiger partial charge in [0.25, 0.3) is 0 Å². The third-order valence-corrected chi connectivity index (χ3v) is 5.38. The summed E-state index contributed by atoms with van der Waals surface area (Å²) < 4.78 is 1.65. The lowest BCUT2D eigenvalue weighted by molar-refractivity contribution is -0.116. The predicted molar refractivity (Wildman–Crippen MR) is 117 cm³/mol. The average Bonchev–Trinajstić information content (AvgIpc) is 3.01. The fourth-order valence-electron chi connectivity index (χ4n) is 3.51. The molecule has 0 saturated carbocycles. The van der Waals surface area contributed by atoms with E-state index >= 15 is 0 Å². The topological polar surface area (TPSA) is 59.8 Å². The van der Waals surface area contributed by atoms with Crippen molar-refractivity contribution in [3.8, 4) is 11.1 Å². The van der Waals surface area contributed by atoms with Crippen molar-refractivity contribution in [2.45, 2.75) is 27.3 Å². The van der Waals surface area contributed by atoms with E-state index in [1.807, 2.05) is 38.1 Å². The van der Waals surface area contributed by atoms with Gasteiger partial charge in [0.2, 0.25) is 5.91 Å². The summed E-state index contributed by atoms with van der Waals surface area (Å²) in [5.41, 5.74) is 6.44. The molecule has 1 N–H and O–H groups in total. The largest absolute Gasteiger partial charge is 0.324 e. The van der Waals surface area contributed by atoms with E-state index in [0.29, 0.717) is 16.4 Å². The van der Waals surface area contributed by atoms with Crippen LogP contribution in [0.25, 0.3) is 22.2 Å². The van der Waals surface area contributed by atoms with Crippen LogP contribution in [0.3, 0.4) is 0 Å². The van der Waals surface area contributed by atoms with Gasteiger partial charge in [0, 0.05) is 22.3 Å². The number of fused-ring (bicyclic) bond motifs is 1. The number of halogens is 1. The number of aromatic nitrogens is 3. The Morgan fingerprint density at radius 2 is 1.90 bits per heavy atom. The molecule has 29 heavy (non-hydrogen) atoms. The molecule has 2 aromatic heterocycles. The number of rotatable bonds is 4. The number of carbonyl (C=O) groups is 1. The first-order valence-corrected chi connectivity index (χ1v) is 9.76. The van der Waals surface area contributed by atoms with E-state index in [-0.39, 0.29) is 12.5 Å². The van der Waals surface area contributed by atoms with E-state index in [9.17, 15) is 4.79 Å². The van der Waals surface area contributed by atoms with Gasteiger partial charge in [0.05, 0.1) is 5.69 Å². The summed E-state index contributed by atoms with van der Waals surface area (Å²) in [5.74, 6) is -0.178. The molecule has 0 aliphatic carbocycles. The zero-order valence-electron chi connectivity index (χ0n) is 16.5. The van der Waals surface area contributed by atoms with E-state index < -0.39 is 0 Å². The Hall–Kier alpha value is -3.18. The SMILES string of the molecule is Cc1cccc(-c2ccnc3c2c(C)nn3CC(=O)Nc2cccc(Cl)c2C)c1. The second-order valence-corrected chi connectivity index (χ2v) is 7.54. The normalized spacial score (nSPS) is 11.0. The number of benzene rings is 2. The minimum atomic E-state index is -0.178. The van der Waals surface area contributed by atoms with Crippen LogP contribution in [0.15, 0.2) is 54.7 Å².